The molecule has 2 aliphatic rings. The van der Waals surface area contributed by atoms with Crippen LogP contribution in [0.2, 0.25) is 0 Å². The van der Waals surface area contributed by atoms with Crippen molar-refractivity contribution in [3.8, 4) is 0 Å². The van der Waals surface area contributed by atoms with E-state index < -0.39 is 6.04 Å². The van der Waals surface area contributed by atoms with Crippen molar-refractivity contribution in [3.63, 3.8) is 0 Å². The van der Waals surface area contributed by atoms with Crippen LogP contribution in [0.5, 0.6) is 0 Å². The number of hydrogen-bond donors (Lipinski definition) is 2. The van der Waals surface area contributed by atoms with Crippen LogP contribution >= 0.6 is 0 Å². The zero-order valence-electron chi connectivity index (χ0n) is 16.8. The molecule has 2 aromatic carbocycles. The second kappa shape index (κ2) is 8.26. The lowest BCUT2D eigenvalue weighted by Crippen LogP contribution is -2.44. The maximum atomic E-state index is 13.3. The van der Waals surface area contributed by atoms with E-state index in [4.69, 9.17) is 0 Å². The highest BCUT2D eigenvalue weighted by molar-refractivity contribution is 5.96. The molecule has 0 radical (unpaired) electrons. The number of nitrogens with zero attached hydrogens (tertiary/aromatic N) is 1. The molecule has 2 aromatic rings. The third kappa shape index (κ3) is 4.06. The van der Waals surface area contributed by atoms with Crippen LogP contribution in [-0.2, 0) is 22.4 Å². The van der Waals surface area contributed by atoms with Crippen molar-refractivity contribution in [1.82, 2.24) is 15.5 Å². The van der Waals surface area contributed by atoms with Gasteiger partial charge in [0.15, 0.2) is 0 Å². The number of amides is 3. The number of fused-ring (bicyclic) bond motifs is 1. The molecule has 2 N–H and O–H groups in total. The number of carbonyl (C=O) groups excluding carboxylic acids is 3. The molecule has 1 saturated heterocycles. The van der Waals surface area contributed by atoms with Gasteiger partial charge in [-0.05, 0) is 60.2 Å². The van der Waals surface area contributed by atoms with Gasteiger partial charge in [0.2, 0.25) is 11.8 Å². The van der Waals surface area contributed by atoms with Crippen LogP contribution in [0, 0.1) is 5.82 Å². The van der Waals surface area contributed by atoms with Gasteiger partial charge in [0, 0.05) is 19.0 Å². The lowest BCUT2D eigenvalue weighted by Gasteiger charge is -2.26. The molecule has 1 aliphatic carbocycles. The van der Waals surface area contributed by atoms with Gasteiger partial charge in [-0.1, -0.05) is 18.2 Å². The number of nitrogens with one attached hydrogen (secondary N) is 2. The first-order valence-corrected chi connectivity index (χ1v) is 10.1. The molecule has 1 fully saturated rings. The Morgan fingerprint density at radius 2 is 1.83 bits per heavy atom. The minimum Gasteiger partial charge on any atom is -0.349 e. The molecule has 6 nitrogen and oxygen atoms in total. The molecule has 0 bridgehead atoms. The maximum Gasteiger partial charge on any atom is 0.251 e. The van der Waals surface area contributed by atoms with Gasteiger partial charge in [-0.3, -0.25) is 14.4 Å². The molecule has 3 amide bonds. The normalized spacial score (nSPS) is 20.2. The van der Waals surface area contributed by atoms with Crippen molar-refractivity contribution in [1.29, 1.82) is 0 Å². The average molecular weight is 409 g/mol. The van der Waals surface area contributed by atoms with Gasteiger partial charge in [0.1, 0.15) is 5.82 Å². The van der Waals surface area contributed by atoms with E-state index in [2.05, 4.69) is 10.6 Å². The summed E-state index contributed by atoms with van der Waals surface area (Å²) in [6, 6.07) is 10.7. The van der Waals surface area contributed by atoms with E-state index in [1.165, 1.54) is 23.3 Å². The predicted molar refractivity (Wildman–Crippen MR) is 109 cm³/mol. The first kappa shape index (κ1) is 20.1. The topological polar surface area (TPSA) is 78.5 Å². The van der Waals surface area contributed by atoms with Crippen molar-refractivity contribution in [3.05, 3.63) is 70.5 Å². The summed E-state index contributed by atoms with van der Waals surface area (Å²) in [5.41, 5.74) is 3.77. The Kier molecular flexibility index (Phi) is 5.53. The number of halogens is 1. The standard InChI is InChI=1S/C23H24FN3O3/c1-27-21(29)12-19(22(27)15-7-9-18(24)10-8-15)26-20(28)13-25-23(30)17-6-5-14-3-2-4-16(14)11-17/h5-11,19,22H,2-4,12-13H2,1H3,(H,25,30)(H,26,28)/t19-,22+/m0/s1. The Labute approximate surface area is 174 Å². The van der Waals surface area contributed by atoms with Gasteiger partial charge in [0.25, 0.3) is 5.91 Å². The fraction of sp³-hybridized carbons (Fsp3) is 0.348. The molecular weight excluding hydrogens is 385 g/mol. The first-order chi connectivity index (χ1) is 14.4. The summed E-state index contributed by atoms with van der Waals surface area (Å²) < 4.78 is 13.3. The van der Waals surface area contributed by atoms with Crippen molar-refractivity contribution in [2.24, 2.45) is 0 Å². The number of carbonyl (C=O) groups is 3. The van der Waals surface area contributed by atoms with Gasteiger partial charge in [-0.25, -0.2) is 4.39 Å². The van der Waals surface area contributed by atoms with Crippen LogP contribution in [0.1, 0.15) is 45.9 Å². The highest BCUT2D eigenvalue weighted by atomic mass is 19.1. The largest absolute Gasteiger partial charge is 0.349 e. The Balaban J connectivity index is 1.37. The van der Waals surface area contributed by atoms with Gasteiger partial charge < -0.3 is 15.5 Å². The van der Waals surface area contributed by atoms with E-state index in [0.717, 1.165) is 24.8 Å². The third-order valence-corrected chi connectivity index (χ3v) is 5.91. The zero-order chi connectivity index (χ0) is 21.3. The van der Waals surface area contributed by atoms with Crippen molar-refractivity contribution in [2.45, 2.75) is 37.8 Å². The number of likely N-dealkylation sites (N-methyl/N-ethyl adjacent to an activating group) is 1. The Morgan fingerprint density at radius 1 is 1.10 bits per heavy atom. The second-order valence-corrected chi connectivity index (χ2v) is 7.90. The number of likely N-dealkylation sites (tertiary alicyclic amines) is 1. The molecule has 0 spiro atoms. The third-order valence-electron chi connectivity index (χ3n) is 5.91. The minimum absolute atomic E-state index is 0.100. The summed E-state index contributed by atoms with van der Waals surface area (Å²) >= 11 is 0. The molecule has 0 saturated carbocycles. The quantitative estimate of drug-likeness (QED) is 0.794. The van der Waals surface area contributed by atoms with E-state index in [1.807, 2.05) is 12.1 Å². The van der Waals surface area contributed by atoms with Crippen LogP contribution in [-0.4, -0.2) is 42.3 Å². The lowest BCUT2D eigenvalue weighted by atomic mass is 10.00. The summed E-state index contributed by atoms with van der Waals surface area (Å²) in [5.74, 6) is -1.13. The maximum absolute atomic E-state index is 13.3. The van der Waals surface area contributed by atoms with Crippen LogP contribution in [0.25, 0.3) is 0 Å². The van der Waals surface area contributed by atoms with Crippen LogP contribution in [0.4, 0.5) is 4.39 Å². The van der Waals surface area contributed by atoms with Crippen LogP contribution in [0.3, 0.4) is 0 Å². The summed E-state index contributed by atoms with van der Waals surface area (Å²) in [6.07, 6.45) is 3.28. The molecular formula is C23H24FN3O3. The summed E-state index contributed by atoms with van der Waals surface area (Å²) in [4.78, 5) is 38.6. The molecule has 0 unspecified atom stereocenters. The van der Waals surface area contributed by atoms with Crippen molar-refractivity contribution < 1.29 is 18.8 Å². The number of rotatable bonds is 5. The number of benzene rings is 2. The molecule has 1 heterocycles. The smallest absolute Gasteiger partial charge is 0.251 e. The first-order valence-electron chi connectivity index (χ1n) is 10.1. The van der Waals surface area contributed by atoms with E-state index in [9.17, 15) is 18.8 Å². The molecule has 30 heavy (non-hydrogen) atoms. The molecule has 2 atom stereocenters. The Hall–Kier alpha value is -3.22. The SMILES string of the molecule is CN1C(=O)C[C@H](NC(=O)CNC(=O)c2ccc3c(c2)CCC3)[C@H]1c1ccc(F)cc1. The highest BCUT2D eigenvalue weighted by Crippen LogP contribution is 2.32. The van der Waals surface area contributed by atoms with Gasteiger partial charge in [-0.2, -0.15) is 0 Å². The van der Waals surface area contributed by atoms with Crippen molar-refractivity contribution in [2.75, 3.05) is 13.6 Å². The van der Waals surface area contributed by atoms with Gasteiger partial charge in [-0.15, -0.1) is 0 Å². The summed E-state index contributed by atoms with van der Waals surface area (Å²) in [5, 5.41) is 5.49. The van der Waals surface area contributed by atoms with E-state index in [0.29, 0.717) is 5.56 Å². The predicted octanol–water partition coefficient (Wildman–Crippen LogP) is 2.13. The Bertz CT molecular complexity index is 990. The van der Waals surface area contributed by atoms with Crippen LogP contribution in [0.15, 0.2) is 42.5 Å². The molecule has 156 valence electrons. The molecule has 7 heteroatoms. The lowest BCUT2D eigenvalue weighted by molar-refractivity contribution is -0.127. The van der Waals surface area contributed by atoms with Crippen molar-refractivity contribution >= 4 is 17.7 Å². The number of aryl methyl sites for hydroxylation is 2. The van der Waals surface area contributed by atoms with Gasteiger partial charge in [0.05, 0.1) is 18.6 Å². The molecule has 1 aliphatic heterocycles. The fourth-order valence-corrected chi connectivity index (χ4v) is 4.35. The number of hydrogen-bond acceptors (Lipinski definition) is 3. The summed E-state index contributed by atoms with van der Waals surface area (Å²) in [6.45, 7) is -0.180. The fourth-order valence-electron chi connectivity index (χ4n) is 4.35. The highest BCUT2D eigenvalue weighted by Gasteiger charge is 2.39. The van der Waals surface area contributed by atoms with E-state index >= 15 is 0 Å². The minimum atomic E-state index is -0.447. The molecule has 4 rings (SSSR count). The monoisotopic (exact) mass is 409 g/mol. The van der Waals surface area contributed by atoms with Gasteiger partial charge >= 0.3 is 0 Å². The second-order valence-electron chi connectivity index (χ2n) is 7.90. The van der Waals surface area contributed by atoms with E-state index in [-0.39, 0.29) is 42.5 Å². The van der Waals surface area contributed by atoms with Crippen LogP contribution < -0.4 is 10.6 Å². The van der Waals surface area contributed by atoms with E-state index in [1.54, 1.807) is 30.1 Å². The molecule has 0 aromatic heterocycles. The summed E-state index contributed by atoms with van der Waals surface area (Å²) in [7, 11) is 1.66. The zero-order valence-corrected chi connectivity index (χ0v) is 16.8. The average Bonchev–Trinajstić information content (AvgIpc) is 3.31. The Morgan fingerprint density at radius 3 is 2.60 bits per heavy atom.